The summed E-state index contributed by atoms with van der Waals surface area (Å²) in [7, 11) is 0. The van der Waals surface area contributed by atoms with Crippen molar-refractivity contribution in [2.75, 3.05) is 0 Å². The van der Waals surface area contributed by atoms with Crippen LogP contribution in [0.25, 0.3) is 0 Å². The van der Waals surface area contributed by atoms with Crippen molar-refractivity contribution in [2.24, 2.45) is 11.3 Å². The quantitative estimate of drug-likeness (QED) is 0.572. The molecule has 0 aromatic heterocycles. The second kappa shape index (κ2) is 4.65. The topological polar surface area (TPSA) is 89.9 Å². The van der Waals surface area contributed by atoms with Gasteiger partial charge in [0.15, 0.2) is 0 Å². The van der Waals surface area contributed by atoms with E-state index in [1.807, 2.05) is 0 Å². The van der Waals surface area contributed by atoms with Crippen molar-refractivity contribution in [3.05, 3.63) is 12.2 Å². The molecule has 2 aliphatic carbocycles. The SMILES string of the molecule is C=C1C(=O)OC2C1CCC(OC(C)=O)C1(O)CCC(=O)C21C. The summed E-state index contributed by atoms with van der Waals surface area (Å²) in [5.41, 5.74) is -2.46. The van der Waals surface area contributed by atoms with E-state index in [0.29, 0.717) is 18.4 Å². The summed E-state index contributed by atoms with van der Waals surface area (Å²) in [5.74, 6) is -1.49. The third-order valence-electron chi connectivity index (χ3n) is 5.67. The zero-order valence-corrected chi connectivity index (χ0v) is 12.8. The standard InChI is InChI=1S/C16H20O6/c1-8-10-4-5-12(21-9(2)17)16(20)7-6-11(18)15(16,3)13(10)22-14(8)19/h10,12-13,20H,1,4-7H2,2-3H3. The maximum atomic E-state index is 12.6. The van der Waals surface area contributed by atoms with Crippen LogP contribution in [0.3, 0.4) is 0 Å². The minimum absolute atomic E-state index is 0.161. The van der Waals surface area contributed by atoms with Crippen molar-refractivity contribution in [3.8, 4) is 0 Å². The maximum Gasteiger partial charge on any atom is 0.334 e. The molecule has 2 saturated carbocycles. The van der Waals surface area contributed by atoms with Gasteiger partial charge < -0.3 is 14.6 Å². The number of carbonyl (C=O) groups is 3. The fourth-order valence-corrected chi connectivity index (χ4v) is 4.34. The van der Waals surface area contributed by atoms with Gasteiger partial charge in [0.05, 0.1) is 5.41 Å². The molecular formula is C16H20O6. The van der Waals surface area contributed by atoms with Crippen LogP contribution >= 0.6 is 0 Å². The maximum absolute atomic E-state index is 12.6. The normalized spacial score (nSPS) is 44.1. The number of fused-ring (bicyclic) bond motifs is 3. The van der Waals surface area contributed by atoms with Crippen LogP contribution in [-0.2, 0) is 23.9 Å². The molecule has 0 radical (unpaired) electrons. The Balaban J connectivity index is 2.09. The Hall–Kier alpha value is -1.69. The van der Waals surface area contributed by atoms with E-state index in [2.05, 4.69) is 6.58 Å². The molecule has 5 unspecified atom stereocenters. The molecule has 0 aromatic rings. The van der Waals surface area contributed by atoms with Gasteiger partial charge in [-0.15, -0.1) is 0 Å². The molecule has 0 bridgehead atoms. The summed E-state index contributed by atoms with van der Waals surface area (Å²) in [6.07, 6.45) is -0.286. The average molecular weight is 308 g/mol. The smallest absolute Gasteiger partial charge is 0.334 e. The molecule has 1 N–H and O–H groups in total. The molecule has 6 nitrogen and oxygen atoms in total. The first-order valence-electron chi connectivity index (χ1n) is 7.54. The minimum atomic E-state index is -1.51. The molecule has 5 atom stereocenters. The van der Waals surface area contributed by atoms with Crippen LogP contribution in [0.2, 0.25) is 0 Å². The van der Waals surface area contributed by atoms with Crippen LogP contribution in [-0.4, -0.2) is 40.6 Å². The Morgan fingerprint density at radius 3 is 2.73 bits per heavy atom. The fraction of sp³-hybridized carbons (Fsp3) is 0.688. The van der Waals surface area contributed by atoms with Gasteiger partial charge in [-0.1, -0.05) is 6.58 Å². The second-order valence-corrected chi connectivity index (χ2v) is 6.68. The molecule has 22 heavy (non-hydrogen) atoms. The highest BCUT2D eigenvalue weighted by molar-refractivity contribution is 5.95. The lowest BCUT2D eigenvalue weighted by atomic mass is 9.67. The predicted molar refractivity (Wildman–Crippen MR) is 74.6 cm³/mol. The van der Waals surface area contributed by atoms with Gasteiger partial charge in [0.2, 0.25) is 0 Å². The molecule has 1 heterocycles. The number of rotatable bonds is 1. The molecule has 3 fully saturated rings. The lowest BCUT2D eigenvalue weighted by Gasteiger charge is -2.43. The number of esters is 2. The van der Waals surface area contributed by atoms with Crippen LogP contribution in [0.15, 0.2) is 12.2 Å². The van der Waals surface area contributed by atoms with Crippen molar-refractivity contribution < 1.29 is 29.0 Å². The van der Waals surface area contributed by atoms with Gasteiger partial charge >= 0.3 is 11.9 Å². The zero-order chi connectivity index (χ0) is 16.3. The lowest BCUT2D eigenvalue weighted by molar-refractivity contribution is -0.195. The first kappa shape index (κ1) is 15.2. The van der Waals surface area contributed by atoms with Gasteiger partial charge in [-0.2, -0.15) is 0 Å². The second-order valence-electron chi connectivity index (χ2n) is 6.68. The monoisotopic (exact) mass is 308 g/mol. The minimum Gasteiger partial charge on any atom is -0.459 e. The third kappa shape index (κ3) is 1.73. The number of Topliss-reactive ketones (excluding diaryl/α,β-unsaturated/α-hetero) is 1. The van der Waals surface area contributed by atoms with E-state index >= 15 is 0 Å². The van der Waals surface area contributed by atoms with Gasteiger partial charge in [0.25, 0.3) is 0 Å². The van der Waals surface area contributed by atoms with Crippen molar-refractivity contribution in [1.82, 2.24) is 0 Å². The van der Waals surface area contributed by atoms with Crippen LogP contribution in [0, 0.1) is 11.3 Å². The Kier molecular flexibility index (Phi) is 3.22. The summed E-state index contributed by atoms with van der Waals surface area (Å²) in [4.78, 5) is 35.8. The molecule has 120 valence electrons. The van der Waals surface area contributed by atoms with E-state index < -0.39 is 35.2 Å². The highest BCUT2D eigenvalue weighted by Crippen LogP contribution is 2.57. The number of ether oxygens (including phenoxy) is 2. The van der Waals surface area contributed by atoms with Crippen molar-refractivity contribution in [2.45, 2.75) is 57.3 Å². The molecule has 3 rings (SSSR count). The first-order chi connectivity index (χ1) is 10.2. The zero-order valence-electron chi connectivity index (χ0n) is 12.8. The number of hydrogen-bond acceptors (Lipinski definition) is 6. The summed E-state index contributed by atoms with van der Waals surface area (Å²) >= 11 is 0. The van der Waals surface area contributed by atoms with E-state index in [-0.39, 0.29) is 24.5 Å². The van der Waals surface area contributed by atoms with Gasteiger partial charge in [-0.25, -0.2) is 4.79 Å². The number of aliphatic hydroxyl groups is 1. The largest absolute Gasteiger partial charge is 0.459 e. The molecular weight excluding hydrogens is 288 g/mol. The fourth-order valence-electron chi connectivity index (χ4n) is 4.34. The Morgan fingerprint density at radius 1 is 1.41 bits per heavy atom. The molecule has 3 aliphatic rings. The molecule has 6 heteroatoms. The Bertz CT molecular complexity index is 581. The molecule has 0 amide bonds. The summed E-state index contributed by atoms with van der Waals surface area (Å²) < 4.78 is 10.7. The molecule has 0 aromatic carbocycles. The molecule has 0 spiro atoms. The van der Waals surface area contributed by atoms with E-state index in [1.165, 1.54) is 6.92 Å². The van der Waals surface area contributed by atoms with Crippen molar-refractivity contribution in [3.63, 3.8) is 0 Å². The summed E-state index contributed by atoms with van der Waals surface area (Å²) in [6, 6.07) is 0. The van der Waals surface area contributed by atoms with Gasteiger partial charge in [-0.3, -0.25) is 9.59 Å². The number of hydrogen-bond donors (Lipinski definition) is 1. The van der Waals surface area contributed by atoms with Crippen LogP contribution in [0.1, 0.15) is 39.5 Å². The van der Waals surface area contributed by atoms with E-state index in [9.17, 15) is 19.5 Å². The summed E-state index contributed by atoms with van der Waals surface area (Å²) in [6.45, 7) is 6.66. The molecule has 1 aliphatic heterocycles. The van der Waals surface area contributed by atoms with Gasteiger partial charge in [0, 0.05) is 24.8 Å². The van der Waals surface area contributed by atoms with Gasteiger partial charge in [0.1, 0.15) is 23.6 Å². The lowest BCUT2D eigenvalue weighted by Crippen LogP contribution is -2.59. The van der Waals surface area contributed by atoms with Gasteiger partial charge in [-0.05, 0) is 26.2 Å². The van der Waals surface area contributed by atoms with E-state index in [0.717, 1.165) is 0 Å². The predicted octanol–water partition coefficient (Wildman–Crippen LogP) is 0.910. The Morgan fingerprint density at radius 2 is 2.09 bits per heavy atom. The van der Waals surface area contributed by atoms with Crippen molar-refractivity contribution >= 4 is 17.7 Å². The number of carbonyl (C=O) groups excluding carboxylic acids is 3. The highest BCUT2D eigenvalue weighted by Gasteiger charge is 2.70. The van der Waals surface area contributed by atoms with Crippen LogP contribution in [0.5, 0.6) is 0 Å². The Labute approximate surface area is 128 Å². The highest BCUT2D eigenvalue weighted by atomic mass is 16.6. The number of ketones is 1. The van der Waals surface area contributed by atoms with E-state index in [4.69, 9.17) is 9.47 Å². The molecule has 1 saturated heterocycles. The van der Waals surface area contributed by atoms with Crippen LogP contribution < -0.4 is 0 Å². The van der Waals surface area contributed by atoms with Crippen LogP contribution in [0.4, 0.5) is 0 Å². The van der Waals surface area contributed by atoms with E-state index in [1.54, 1.807) is 6.92 Å². The van der Waals surface area contributed by atoms with Crippen molar-refractivity contribution in [1.29, 1.82) is 0 Å². The third-order valence-corrected chi connectivity index (χ3v) is 5.67. The average Bonchev–Trinajstić information content (AvgIpc) is 2.83. The summed E-state index contributed by atoms with van der Waals surface area (Å²) in [5, 5.41) is 11.2. The first-order valence-corrected chi connectivity index (χ1v) is 7.54.